The molecular formula is C15H15N3O. The maximum Gasteiger partial charge on any atom is 0.254 e. The van der Waals surface area contributed by atoms with E-state index >= 15 is 0 Å². The van der Waals surface area contributed by atoms with Gasteiger partial charge in [0.2, 0.25) is 0 Å². The predicted molar refractivity (Wildman–Crippen MR) is 75.8 cm³/mol. The maximum absolute atomic E-state index is 11.8. The summed E-state index contributed by atoms with van der Waals surface area (Å²) in [6.45, 7) is 1.24. The number of nitrogens with one attached hydrogen (secondary N) is 1. The normalized spacial score (nSPS) is 13.9. The Morgan fingerprint density at radius 2 is 2.00 bits per heavy atom. The van der Waals surface area contributed by atoms with Crippen molar-refractivity contribution in [2.75, 3.05) is 17.3 Å². The molecule has 3 rings (SSSR count). The number of anilines is 2. The molecule has 1 aliphatic heterocycles. The number of hydrogen-bond donors (Lipinski definition) is 2. The molecule has 4 nitrogen and oxygen atoms in total. The third-order valence-electron chi connectivity index (χ3n) is 3.24. The van der Waals surface area contributed by atoms with Crippen molar-refractivity contribution in [2.24, 2.45) is 0 Å². The van der Waals surface area contributed by atoms with Crippen LogP contribution in [-0.2, 0) is 6.54 Å². The van der Waals surface area contributed by atoms with Gasteiger partial charge in [-0.2, -0.15) is 0 Å². The SMILES string of the molecule is Nc1cccc(CN2CNC(=O)c3ccccc32)c1. The Bertz CT molecular complexity index is 624. The minimum Gasteiger partial charge on any atom is -0.399 e. The predicted octanol–water partition coefficient (Wildman–Crippen LogP) is 1.98. The van der Waals surface area contributed by atoms with Crippen molar-refractivity contribution < 1.29 is 4.79 Å². The standard InChI is InChI=1S/C15H15N3O/c16-12-5-3-4-11(8-12)9-18-10-17-15(19)13-6-1-2-7-14(13)18/h1-8H,9-10,16H2,(H,17,19). The van der Waals surface area contributed by atoms with Crippen molar-refractivity contribution in [1.29, 1.82) is 0 Å². The Kier molecular flexibility index (Phi) is 2.83. The van der Waals surface area contributed by atoms with Crippen LogP contribution in [0.5, 0.6) is 0 Å². The van der Waals surface area contributed by atoms with Gasteiger partial charge in [0.05, 0.1) is 17.9 Å². The van der Waals surface area contributed by atoms with E-state index in [1.54, 1.807) is 0 Å². The van der Waals surface area contributed by atoms with Crippen molar-refractivity contribution >= 4 is 17.3 Å². The highest BCUT2D eigenvalue weighted by molar-refractivity contribution is 6.01. The van der Waals surface area contributed by atoms with Crippen molar-refractivity contribution in [2.45, 2.75) is 6.54 Å². The number of nitrogen functional groups attached to an aromatic ring is 1. The third kappa shape index (κ3) is 2.25. The number of fused-ring (bicyclic) bond motifs is 1. The number of nitrogens with zero attached hydrogens (tertiary/aromatic N) is 1. The quantitative estimate of drug-likeness (QED) is 0.805. The summed E-state index contributed by atoms with van der Waals surface area (Å²) in [5, 5.41) is 2.88. The first-order valence-corrected chi connectivity index (χ1v) is 6.20. The number of hydrogen-bond acceptors (Lipinski definition) is 3. The summed E-state index contributed by atoms with van der Waals surface area (Å²) >= 11 is 0. The molecule has 0 radical (unpaired) electrons. The van der Waals surface area contributed by atoms with Gasteiger partial charge >= 0.3 is 0 Å². The molecule has 1 amide bonds. The average molecular weight is 253 g/mol. The number of nitrogens with two attached hydrogens (primary N) is 1. The highest BCUT2D eigenvalue weighted by atomic mass is 16.2. The number of amides is 1. The third-order valence-corrected chi connectivity index (χ3v) is 3.24. The Labute approximate surface area is 111 Å². The fraction of sp³-hybridized carbons (Fsp3) is 0.133. The molecule has 0 aromatic heterocycles. The largest absolute Gasteiger partial charge is 0.399 e. The maximum atomic E-state index is 11.8. The lowest BCUT2D eigenvalue weighted by molar-refractivity contribution is 0.0947. The summed E-state index contributed by atoms with van der Waals surface area (Å²) in [6, 6.07) is 15.5. The van der Waals surface area contributed by atoms with E-state index in [1.165, 1.54) is 0 Å². The topological polar surface area (TPSA) is 58.4 Å². The van der Waals surface area contributed by atoms with Crippen LogP contribution in [0.25, 0.3) is 0 Å². The van der Waals surface area contributed by atoms with E-state index in [0.29, 0.717) is 6.67 Å². The summed E-state index contributed by atoms with van der Waals surface area (Å²) in [6.07, 6.45) is 0. The highest BCUT2D eigenvalue weighted by Crippen LogP contribution is 2.25. The van der Waals surface area contributed by atoms with Crippen LogP contribution in [0, 0.1) is 0 Å². The molecule has 2 aromatic carbocycles. The highest BCUT2D eigenvalue weighted by Gasteiger charge is 2.21. The van der Waals surface area contributed by atoms with E-state index in [2.05, 4.69) is 10.2 Å². The Morgan fingerprint density at radius 3 is 2.84 bits per heavy atom. The minimum atomic E-state index is -0.0144. The summed E-state index contributed by atoms with van der Waals surface area (Å²) in [4.78, 5) is 13.9. The first-order valence-electron chi connectivity index (χ1n) is 6.20. The van der Waals surface area contributed by atoms with E-state index in [1.807, 2.05) is 48.5 Å². The molecule has 0 spiro atoms. The van der Waals surface area contributed by atoms with Crippen LogP contribution in [0.2, 0.25) is 0 Å². The van der Waals surface area contributed by atoms with Crippen molar-refractivity contribution in [3.8, 4) is 0 Å². The zero-order chi connectivity index (χ0) is 13.2. The lowest BCUT2D eigenvalue weighted by Crippen LogP contribution is -2.42. The molecule has 0 unspecified atom stereocenters. The molecule has 0 atom stereocenters. The van der Waals surface area contributed by atoms with Crippen molar-refractivity contribution in [3.05, 3.63) is 59.7 Å². The zero-order valence-electron chi connectivity index (χ0n) is 10.5. The molecule has 0 aliphatic carbocycles. The molecule has 19 heavy (non-hydrogen) atoms. The van der Waals surface area contributed by atoms with E-state index in [0.717, 1.165) is 29.0 Å². The van der Waals surface area contributed by atoms with E-state index in [9.17, 15) is 4.79 Å². The second-order valence-corrected chi connectivity index (χ2v) is 4.62. The van der Waals surface area contributed by atoms with Gasteiger partial charge in [-0.05, 0) is 29.8 Å². The van der Waals surface area contributed by atoms with Gasteiger partial charge in [0.15, 0.2) is 0 Å². The molecule has 0 fully saturated rings. The van der Waals surface area contributed by atoms with Crippen LogP contribution >= 0.6 is 0 Å². The summed E-state index contributed by atoms with van der Waals surface area (Å²) in [7, 11) is 0. The number of rotatable bonds is 2. The second kappa shape index (κ2) is 4.65. The van der Waals surface area contributed by atoms with Gasteiger partial charge in [0, 0.05) is 12.2 Å². The van der Waals surface area contributed by atoms with E-state index in [4.69, 9.17) is 5.73 Å². The van der Waals surface area contributed by atoms with Crippen LogP contribution in [0.1, 0.15) is 15.9 Å². The summed E-state index contributed by atoms with van der Waals surface area (Å²) in [5.74, 6) is -0.0144. The number of benzene rings is 2. The molecule has 4 heteroatoms. The molecule has 1 aliphatic rings. The van der Waals surface area contributed by atoms with E-state index < -0.39 is 0 Å². The summed E-state index contributed by atoms with van der Waals surface area (Å²) < 4.78 is 0. The van der Waals surface area contributed by atoms with Crippen LogP contribution in [0.15, 0.2) is 48.5 Å². The average Bonchev–Trinajstić information content (AvgIpc) is 2.42. The van der Waals surface area contributed by atoms with Gasteiger partial charge in [0.25, 0.3) is 5.91 Å². The van der Waals surface area contributed by atoms with Crippen LogP contribution in [0.3, 0.4) is 0 Å². The fourth-order valence-corrected chi connectivity index (χ4v) is 2.34. The molecule has 96 valence electrons. The lowest BCUT2D eigenvalue weighted by atomic mass is 10.1. The zero-order valence-corrected chi connectivity index (χ0v) is 10.5. The van der Waals surface area contributed by atoms with Crippen LogP contribution < -0.4 is 16.0 Å². The molecule has 0 saturated carbocycles. The smallest absolute Gasteiger partial charge is 0.254 e. The van der Waals surface area contributed by atoms with E-state index in [-0.39, 0.29) is 5.91 Å². The lowest BCUT2D eigenvalue weighted by Gasteiger charge is -2.31. The second-order valence-electron chi connectivity index (χ2n) is 4.62. The van der Waals surface area contributed by atoms with Crippen molar-refractivity contribution in [1.82, 2.24) is 5.32 Å². The van der Waals surface area contributed by atoms with Gasteiger partial charge in [-0.1, -0.05) is 24.3 Å². The molecule has 1 heterocycles. The minimum absolute atomic E-state index is 0.0144. The van der Waals surface area contributed by atoms with Gasteiger partial charge in [0.1, 0.15) is 0 Å². The van der Waals surface area contributed by atoms with Crippen LogP contribution in [0.4, 0.5) is 11.4 Å². The van der Waals surface area contributed by atoms with Gasteiger partial charge < -0.3 is 16.0 Å². The van der Waals surface area contributed by atoms with Gasteiger partial charge in [-0.25, -0.2) is 0 Å². The Morgan fingerprint density at radius 1 is 1.16 bits per heavy atom. The number of carbonyl (C=O) groups excluding carboxylic acids is 1. The molecule has 0 bridgehead atoms. The molecule has 2 aromatic rings. The summed E-state index contributed by atoms with van der Waals surface area (Å²) in [5.41, 5.74) is 9.37. The number of para-hydroxylation sites is 1. The molecule has 0 saturated heterocycles. The van der Waals surface area contributed by atoms with Gasteiger partial charge in [-0.3, -0.25) is 4.79 Å². The van der Waals surface area contributed by atoms with Gasteiger partial charge in [-0.15, -0.1) is 0 Å². The monoisotopic (exact) mass is 253 g/mol. The van der Waals surface area contributed by atoms with Crippen molar-refractivity contribution in [3.63, 3.8) is 0 Å². The van der Waals surface area contributed by atoms with Crippen LogP contribution in [-0.4, -0.2) is 12.6 Å². The number of carbonyl (C=O) groups is 1. The Balaban J connectivity index is 1.91. The fourth-order valence-electron chi connectivity index (χ4n) is 2.34. The first-order chi connectivity index (χ1) is 9.24. The molecule has 3 N–H and O–H groups in total. The molecular weight excluding hydrogens is 238 g/mol. The Hall–Kier alpha value is -2.49. The first kappa shape index (κ1) is 11.6.